The van der Waals surface area contributed by atoms with Crippen molar-refractivity contribution < 1.29 is 19.8 Å². The zero-order valence-corrected chi connectivity index (χ0v) is 11.4. The lowest BCUT2D eigenvalue weighted by Gasteiger charge is -2.27. The molecule has 7 heteroatoms. The minimum atomic E-state index is -1.14. The van der Waals surface area contributed by atoms with E-state index in [1.807, 2.05) is 6.07 Å². The average molecular weight is 289 g/mol. The maximum Gasteiger partial charge on any atom is 0.326 e. The van der Waals surface area contributed by atoms with Gasteiger partial charge in [-0.2, -0.15) is 5.26 Å². The fourth-order valence-electron chi connectivity index (χ4n) is 2.35. The largest absolute Gasteiger partial charge is 0.480 e. The highest BCUT2D eigenvalue weighted by Gasteiger charge is 2.40. The minimum absolute atomic E-state index is 0.0158. The summed E-state index contributed by atoms with van der Waals surface area (Å²) in [6, 6.07) is 6.88. The molecule has 110 valence electrons. The van der Waals surface area contributed by atoms with Gasteiger partial charge in [0.15, 0.2) is 0 Å². The average Bonchev–Trinajstić information content (AvgIpc) is 2.88. The topological polar surface area (TPSA) is 105 Å². The Morgan fingerprint density at radius 1 is 1.48 bits per heavy atom. The van der Waals surface area contributed by atoms with Gasteiger partial charge in [-0.1, -0.05) is 6.07 Å². The number of benzene rings is 1. The molecule has 2 N–H and O–H groups in total. The van der Waals surface area contributed by atoms with Gasteiger partial charge >= 0.3 is 12.0 Å². The fourth-order valence-corrected chi connectivity index (χ4v) is 2.35. The number of hydrogen-bond acceptors (Lipinski definition) is 4. The molecular formula is C14H15N3O4. The molecule has 2 atom stereocenters. The molecule has 1 aromatic carbocycles. The minimum Gasteiger partial charge on any atom is -0.480 e. The van der Waals surface area contributed by atoms with Crippen molar-refractivity contribution in [3.05, 3.63) is 29.8 Å². The van der Waals surface area contributed by atoms with Gasteiger partial charge in [0.2, 0.25) is 0 Å². The molecule has 0 unspecified atom stereocenters. The molecule has 1 aliphatic heterocycles. The summed E-state index contributed by atoms with van der Waals surface area (Å²) < 4.78 is 0. The molecular weight excluding hydrogens is 274 g/mol. The molecule has 7 nitrogen and oxygen atoms in total. The van der Waals surface area contributed by atoms with Crippen molar-refractivity contribution in [1.29, 1.82) is 5.26 Å². The number of carboxylic acid groups (broad SMARTS) is 1. The first-order chi connectivity index (χ1) is 9.93. The monoisotopic (exact) mass is 289 g/mol. The smallest absolute Gasteiger partial charge is 0.326 e. The highest BCUT2D eigenvalue weighted by atomic mass is 16.4. The number of aliphatic hydroxyl groups excluding tert-OH is 1. The number of anilines is 1. The number of aliphatic hydroxyl groups is 1. The van der Waals surface area contributed by atoms with E-state index in [0.29, 0.717) is 11.3 Å². The number of aliphatic carboxylic acids is 1. The molecule has 2 amide bonds. The molecule has 0 aliphatic carbocycles. The van der Waals surface area contributed by atoms with E-state index < -0.39 is 24.1 Å². The fraction of sp³-hybridized carbons (Fsp3) is 0.357. The number of likely N-dealkylation sites (tertiary alicyclic amines) is 1. The number of nitriles is 1. The maximum absolute atomic E-state index is 12.4. The number of hydrogen-bond donors (Lipinski definition) is 2. The lowest BCUT2D eigenvalue weighted by molar-refractivity contribution is -0.141. The standard InChI is InChI=1S/C14H15N3O4/c1-16(10-4-2-3-9(5-10)7-15)14(21)17-8-11(18)6-12(17)13(19)20/h2-5,11-12,18H,6,8H2,1H3,(H,19,20)/t11-,12-/m1/s1. The Bertz CT molecular complexity index is 610. The number of carbonyl (C=O) groups is 2. The van der Waals surface area contributed by atoms with Crippen LogP contribution in [0.2, 0.25) is 0 Å². The van der Waals surface area contributed by atoms with E-state index in [9.17, 15) is 14.7 Å². The molecule has 0 saturated carbocycles. The third kappa shape index (κ3) is 2.95. The maximum atomic E-state index is 12.4. The Hall–Kier alpha value is -2.59. The summed E-state index contributed by atoms with van der Waals surface area (Å²) in [5.41, 5.74) is 0.896. The molecule has 21 heavy (non-hydrogen) atoms. The predicted octanol–water partition coefficient (Wildman–Crippen LogP) is 0.634. The highest BCUT2D eigenvalue weighted by molar-refractivity contribution is 5.94. The first-order valence-electron chi connectivity index (χ1n) is 6.39. The number of carbonyl (C=O) groups excluding carboxylic acids is 1. The van der Waals surface area contributed by atoms with Gasteiger partial charge in [0.1, 0.15) is 6.04 Å². The third-order valence-electron chi connectivity index (χ3n) is 3.46. The molecule has 0 spiro atoms. The molecule has 2 rings (SSSR count). The van der Waals surface area contributed by atoms with Crippen LogP contribution >= 0.6 is 0 Å². The summed E-state index contributed by atoms with van der Waals surface area (Å²) in [6.45, 7) is -0.0158. The number of nitrogens with zero attached hydrogens (tertiary/aromatic N) is 3. The van der Waals surface area contributed by atoms with Gasteiger partial charge in [-0.05, 0) is 18.2 Å². The van der Waals surface area contributed by atoms with Crippen LogP contribution in [-0.2, 0) is 4.79 Å². The van der Waals surface area contributed by atoms with E-state index in [-0.39, 0.29) is 13.0 Å². The Labute approximate surface area is 121 Å². The van der Waals surface area contributed by atoms with Gasteiger partial charge in [-0.3, -0.25) is 4.90 Å². The van der Waals surface area contributed by atoms with Crippen LogP contribution in [0.1, 0.15) is 12.0 Å². The molecule has 1 heterocycles. The molecule has 1 aliphatic rings. The quantitative estimate of drug-likeness (QED) is 0.831. The van der Waals surface area contributed by atoms with E-state index in [4.69, 9.17) is 10.4 Å². The number of rotatable bonds is 2. The molecule has 1 fully saturated rings. The number of amides is 2. The van der Waals surface area contributed by atoms with Gasteiger partial charge in [-0.15, -0.1) is 0 Å². The number of carboxylic acids is 1. The van der Waals surface area contributed by atoms with Crippen molar-refractivity contribution >= 4 is 17.7 Å². The zero-order chi connectivity index (χ0) is 15.6. The van der Waals surface area contributed by atoms with Crippen molar-refractivity contribution in [2.75, 3.05) is 18.5 Å². The summed E-state index contributed by atoms with van der Waals surface area (Å²) in [7, 11) is 1.50. The van der Waals surface area contributed by atoms with Crippen LogP contribution in [0, 0.1) is 11.3 Å². The Morgan fingerprint density at radius 3 is 2.81 bits per heavy atom. The SMILES string of the molecule is CN(C(=O)N1C[C@H](O)C[C@@H]1C(=O)O)c1cccc(C#N)c1. The molecule has 1 aromatic rings. The van der Waals surface area contributed by atoms with Gasteiger partial charge in [0.05, 0.1) is 17.7 Å². The summed E-state index contributed by atoms with van der Waals surface area (Å²) >= 11 is 0. The molecule has 0 bridgehead atoms. The zero-order valence-electron chi connectivity index (χ0n) is 11.4. The van der Waals surface area contributed by atoms with Crippen molar-refractivity contribution in [3.63, 3.8) is 0 Å². The summed E-state index contributed by atoms with van der Waals surface area (Å²) in [5.74, 6) is -1.14. The lowest BCUT2D eigenvalue weighted by Crippen LogP contribution is -2.47. The second-order valence-electron chi connectivity index (χ2n) is 4.90. The van der Waals surface area contributed by atoms with Gasteiger partial charge in [0.25, 0.3) is 0 Å². The van der Waals surface area contributed by atoms with E-state index in [1.54, 1.807) is 24.3 Å². The van der Waals surface area contributed by atoms with E-state index in [0.717, 1.165) is 4.90 Å². The van der Waals surface area contributed by atoms with E-state index in [2.05, 4.69) is 0 Å². The Balaban J connectivity index is 2.22. The van der Waals surface area contributed by atoms with Crippen LogP contribution < -0.4 is 4.90 Å². The van der Waals surface area contributed by atoms with Crippen molar-refractivity contribution in [1.82, 2.24) is 4.90 Å². The van der Waals surface area contributed by atoms with Crippen LogP contribution in [0.15, 0.2) is 24.3 Å². The van der Waals surface area contributed by atoms with Gasteiger partial charge in [0, 0.05) is 25.7 Å². The second-order valence-corrected chi connectivity index (χ2v) is 4.90. The van der Waals surface area contributed by atoms with E-state index in [1.165, 1.54) is 11.9 Å². The van der Waals surface area contributed by atoms with E-state index >= 15 is 0 Å². The number of β-amino-alcohol motifs (C(OH)–C–C–N with tert-alkyl or cyclic N) is 1. The first-order valence-corrected chi connectivity index (χ1v) is 6.39. The highest BCUT2D eigenvalue weighted by Crippen LogP contribution is 2.22. The summed E-state index contributed by atoms with van der Waals surface area (Å²) in [5, 5.41) is 27.6. The third-order valence-corrected chi connectivity index (χ3v) is 3.46. The van der Waals surface area contributed by atoms with Crippen molar-refractivity contribution in [2.45, 2.75) is 18.6 Å². The van der Waals surface area contributed by atoms with Crippen LogP contribution in [0.3, 0.4) is 0 Å². The first kappa shape index (κ1) is 14.8. The van der Waals surface area contributed by atoms with Crippen molar-refractivity contribution in [3.8, 4) is 6.07 Å². The Morgan fingerprint density at radius 2 is 2.19 bits per heavy atom. The molecule has 0 radical (unpaired) electrons. The summed E-state index contributed by atoms with van der Waals surface area (Å²) in [6.07, 6.45) is -0.818. The summed E-state index contributed by atoms with van der Waals surface area (Å²) in [4.78, 5) is 26.0. The van der Waals surface area contributed by atoms with Gasteiger partial charge < -0.3 is 15.1 Å². The van der Waals surface area contributed by atoms with Gasteiger partial charge in [-0.25, -0.2) is 9.59 Å². The van der Waals surface area contributed by atoms with Crippen molar-refractivity contribution in [2.24, 2.45) is 0 Å². The van der Waals surface area contributed by atoms with Crippen LogP contribution in [0.4, 0.5) is 10.5 Å². The second kappa shape index (κ2) is 5.81. The molecule has 1 saturated heterocycles. The normalized spacial score (nSPS) is 20.9. The predicted molar refractivity (Wildman–Crippen MR) is 73.7 cm³/mol. The van der Waals surface area contributed by atoms with Crippen LogP contribution in [0.25, 0.3) is 0 Å². The lowest BCUT2D eigenvalue weighted by atomic mass is 10.2. The molecule has 0 aromatic heterocycles. The number of urea groups is 1. The Kier molecular flexibility index (Phi) is 4.10. The van der Waals surface area contributed by atoms with Crippen LogP contribution in [0.5, 0.6) is 0 Å². The van der Waals surface area contributed by atoms with Crippen LogP contribution in [-0.4, -0.2) is 52.9 Å².